The molecule has 0 amide bonds. The summed E-state index contributed by atoms with van der Waals surface area (Å²) in [6.07, 6.45) is 0.612. The van der Waals surface area contributed by atoms with Gasteiger partial charge in [-0.25, -0.2) is 13.1 Å². The maximum Gasteiger partial charge on any atom is 0.240 e. The molecule has 0 bridgehead atoms. The summed E-state index contributed by atoms with van der Waals surface area (Å²) in [5, 5.41) is 0. The first kappa shape index (κ1) is 16.5. The summed E-state index contributed by atoms with van der Waals surface area (Å²) in [4.78, 5) is 0.337. The SMILES string of the molecule is COc1cccc(CCNS(=O)(=O)c2ccc(C)cc2C)c1. The number of aryl methyl sites for hydroxylation is 2. The molecule has 0 fully saturated rings. The molecule has 0 aliphatic heterocycles. The highest BCUT2D eigenvalue weighted by Gasteiger charge is 2.15. The molecule has 2 aromatic rings. The van der Waals surface area contributed by atoms with Gasteiger partial charge in [0.25, 0.3) is 0 Å². The molecule has 0 heterocycles. The lowest BCUT2D eigenvalue weighted by Crippen LogP contribution is -2.26. The third-order valence-electron chi connectivity index (χ3n) is 3.46. The van der Waals surface area contributed by atoms with E-state index in [0.717, 1.165) is 22.4 Å². The van der Waals surface area contributed by atoms with Crippen LogP contribution >= 0.6 is 0 Å². The van der Waals surface area contributed by atoms with Gasteiger partial charge in [-0.05, 0) is 49.6 Å². The molecule has 22 heavy (non-hydrogen) atoms. The summed E-state index contributed by atoms with van der Waals surface area (Å²) < 4.78 is 32.5. The van der Waals surface area contributed by atoms with Crippen molar-refractivity contribution in [2.75, 3.05) is 13.7 Å². The second-order valence-electron chi connectivity index (χ2n) is 5.27. The van der Waals surface area contributed by atoms with E-state index in [9.17, 15) is 8.42 Å². The molecular weight excluding hydrogens is 298 g/mol. The summed E-state index contributed by atoms with van der Waals surface area (Å²) in [5.74, 6) is 0.773. The minimum absolute atomic E-state index is 0.337. The van der Waals surface area contributed by atoms with Gasteiger partial charge in [0.05, 0.1) is 12.0 Å². The highest BCUT2D eigenvalue weighted by atomic mass is 32.2. The van der Waals surface area contributed by atoms with Crippen LogP contribution in [0.15, 0.2) is 47.4 Å². The molecule has 0 aromatic heterocycles. The first-order valence-corrected chi connectivity index (χ1v) is 8.60. The summed E-state index contributed by atoms with van der Waals surface area (Å²) in [6.45, 7) is 4.10. The smallest absolute Gasteiger partial charge is 0.240 e. The van der Waals surface area contributed by atoms with Crippen molar-refractivity contribution in [1.82, 2.24) is 4.72 Å². The van der Waals surface area contributed by atoms with Crippen molar-refractivity contribution in [3.63, 3.8) is 0 Å². The van der Waals surface area contributed by atoms with Crippen molar-refractivity contribution in [1.29, 1.82) is 0 Å². The molecule has 0 saturated carbocycles. The number of sulfonamides is 1. The van der Waals surface area contributed by atoms with Crippen LogP contribution in [0.4, 0.5) is 0 Å². The quantitative estimate of drug-likeness (QED) is 0.891. The standard InChI is InChI=1S/C17H21NO3S/c1-13-7-8-17(14(2)11-13)22(19,20)18-10-9-15-5-4-6-16(12-15)21-3/h4-8,11-12,18H,9-10H2,1-3H3. The van der Waals surface area contributed by atoms with E-state index in [2.05, 4.69) is 4.72 Å². The van der Waals surface area contributed by atoms with Crippen molar-refractivity contribution in [2.24, 2.45) is 0 Å². The molecule has 0 aliphatic carbocycles. The van der Waals surface area contributed by atoms with Crippen LogP contribution in [0.25, 0.3) is 0 Å². The van der Waals surface area contributed by atoms with Crippen LogP contribution in [0.2, 0.25) is 0 Å². The lowest BCUT2D eigenvalue weighted by molar-refractivity contribution is 0.414. The number of hydrogen-bond acceptors (Lipinski definition) is 3. The largest absolute Gasteiger partial charge is 0.497 e. The van der Waals surface area contributed by atoms with Gasteiger partial charge in [0.2, 0.25) is 10.0 Å². The van der Waals surface area contributed by atoms with Crippen LogP contribution in [-0.2, 0) is 16.4 Å². The average molecular weight is 319 g/mol. The molecule has 0 spiro atoms. The minimum atomic E-state index is -3.47. The molecule has 0 atom stereocenters. The van der Waals surface area contributed by atoms with E-state index in [0.29, 0.717) is 17.9 Å². The molecule has 0 aliphatic rings. The van der Waals surface area contributed by atoms with Crippen LogP contribution in [0.3, 0.4) is 0 Å². The fourth-order valence-electron chi connectivity index (χ4n) is 2.34. The van der Waals surface area contributed by atoms with E-state index in [1.807, 2.05) is 50.2 Å². The Morgan fingerprint density at radius 3 is 2.55 bits per heavy atom. The molecule has 0 saturated heterocycles. The third kappa shape index (κ3) is 4.08. The van der Waals surface area contributed by atoms with Crippen molar-refractivity contribution < 1.29 is 13.2 Å². The molecular formula is C17H21NO3S. The van der Waals surface area contributed by atoms with Gasteiger partial charge in [0, 0.05) is 6.54 Å². The van der Waals surface area contributed by atoms with E-state index in [1.54, 1.807) is 13.2 Å². The lowest BCUT2D eigenvalue weighted by atomic mass is 10.1. The molecule has 1 N–H and O–H groups in total. The molecule has 2 rings (SSSR count). The highest BCUT2D eigenvalue weighted by molar-refractivity contribution is 7.89. The lowest BCUT2D eigenvalue weighted by Gasteiger charge is -2.10. The number of benzene rings is 2. The Morgan fingerprint density at radius 1 is 1.09 bits per heavy atom. The number of ether oxygens (including phenoxy) is 1. The van der Waals surface area contributed by atoms with Gasteiger partial charge in [-0.3, -0.25) is 0 Å². The van der Waals surface area contributed by atoms with Gasteiger partial charge in [-0.1, -0.05) is 29.8 Å². The Morgan fingerprint density at radius 2 is 1.86 bits per heavy atom. The van der Waals surface area contributed by atoms with Crippen LogP contribution in [0.5, 0.6) is 5.75 Å². The monoisotopic (exact) mass is 319 g/mol. The van der Waals surface area contributed by atoms with Crippen LogP contribution < -0.4 is 9.46 Å². The van der Waals surface area contributed by atoms with Crippen LogP contribution in [0, 0.1) is 13.8 Å². The predicted molar refractivity (Wildman–Crippen MR) is 87.8 cm³/mol. The first-order chi connectivity index (χ1) is 10.4. The zero-order chi connectivity index (χ0) is 16.2. The summed E-state index contributed by atoms with van der Waals surface area (Å²) in [7, 11) is -1.86. The van der Waals surface area contributed by atoms with E-state index in [1.165, 1.54) is 0 Å². The van der Waals surface area contributed by atoms with Gasteiger partial charge >= 0.3 is 0 Å². The number of rotatable bonds is 6. The zero-order valence-corrected chi connectivity index (χ0v) is 13.9. The van der Waals surface area contributed by atoms with Gasteiger partial charge in [0.1, 0.15) is 5.75 Å². The van der Waals surface area contributed by atoms with E-state index >= 15 is 0 Å². The van der Waals surface area contributed by atoms with Gasteiger partial charge in [-0.2, -0.15) is 0 Å². The Kier molecular flexibility index (Phi) is 5.21. The van der Waals surface area contributed by atoms with Gasteiger partial charge in [-0.15, -0.1) is 0 Å². The highest BCUT2D eigenvalue weighted by Crippen LogP contribution is 2.17. The predicted octanol–water partition coefficient (Wildman–Crippen LogP) is 2.83. The Hall–Kier alpha value is -1.85. The summed E-state index contributed by atoms with van der Waals surface area (Å²) >= 11 is 0. The van der Waals surface area contributed by atoms with Crippen molar-refractivity contribution in [3.8, 4) is 5.75 Å². The van der Waals surface area contributed by atoms with Gasteiger partial charge < -0.3 is 4.74 Å². The maximum absolute atomic E-state index is 12.3. The molecule has 0 radical (unpaired) electrons. The molecule has 0 unspecified atom stereocenters. The second kappa shape index (κ2) is 6.94. The summed E-state index contributed by atoms with van der Waals surface area (Å²) in [6, 6.07) is 13.0. The second-order valence-corrected chi connectivity index (χ2v) is 7.00. The number of hydrogen-bond donors (Lipinski definition) is 1. The first-order valence-electron chi connectivity index (χ1n) is 7.12. The fraction of sp³-hybridized carbons (Fsp3) is 0.294. The Bertz CT molecular complexity index is 754. The van der Waals surface area contributed by atoms with Crippen LogP contribution in [0.1, 0.15) is 16.7 Å². The van der Waals surface area contributed by atoms with E-state index < -0.39 is 10.0 Å². The summed E-state index contributed by atoms with van der Waals surface area (Å²) in [5.41, 5.74) is 2.84. The molecule has 2 aromatic carbocycles. The van der Waals surface area contributed by atoms with Crippen LogP contribution in [-0.4, -0.2) is 22.1 Å². The Labute approximate surface area is 132 Å². The maximum atomic E-state index is 12.3. The van der Waals surface area contributed by atoms with Crippen molar-refractivity contribution in [2.45, 2.75) is 25.2 Å². The molecule has 5 heteroatoms. The van der Waals surface area contributed by atoms with E-state index in [4.69, 9.17) is 4.74 Å². The zero-order valence-electron chi connectivity index (χ0n) is 13.1. The fourth-order valence-corrected chi connectivity index (χ4v) is 3.59. The third-order valence-corrected chi connectivity index (χ3v) is 5.08. The Balaban J connectivity index is 2.03. The molecule has 4 nitrogen and oxygen atoms in total. The van der Waals surface area contributed by atoms with Crippen molar-refractivity contribution in [3.05, 3.63) is 59.2 Å². The minimum Gasteiger partial charge on any atom is -0.497 e. The van der Waals surface area contributed by atoms with Gasteiger partial charge in [0.15, 0.2) is 0 Å². The normalized spacial score (nSPS) is 11.4. The average Bonchev–Trinajstić information content (AvgIpc) is 2.47. The number of nitrogens with one attached hydrogen (secondary N) is 1. The van der Waals surface area contributed by atoms with E-state index in [-0.39, 0.29) is 0 Å². The molecule has 118 valence electrons. The topological polar surface area (TPSA) is 55.4 Å². The number of methoxy groups -OCH3 is 1. The van der Waals surface area contributed by atoms with Crippen molar-refractivity contribution >= 4 is 10.0 Å².